The van der Waals surface area contributed by atoms with Crippen LogP contribution >= 0.6 is 0 Å². The summed E-state index contributed by atoms with van der Waals surface area (Å²) in [6, 6.07) is 21.4. The van der Waals surface area contributed by atoms with Gasteiger partial charge < -0.3 is 9.42 Å². The molecule has 0 unspecified atom stereocenters. The van der Waals surface area contributed by atoms with Crippen molar-refractivity contribution < 1.29 is 4.52 Å². The summed E-state index contributed by atoms with van der Waals surface area (Å²) < 4.78 is 5.08. The van der Waals surface area contributed by atoms with Crippen molar-refractivity contribution in [2.24, 2.45) is 0 Å². The van der Waals surface area contributed by atoms with Gasteiger partial charge in [-0.05, 0) is 41.7 Å². The van der Waals surface area contributed by atoms with Gasteiger partial charge in [0.25, 0.3) is 0 Å². The van der Waals surface area contributed by atoms with E-state index in [0.717, 1.165) is 50.5 Å². The molecule has 1 saturated heterocycles. The topological polar surface area (TPSA) is 58.3 Å². The van der Waals surface area contributed by atoms with Crippen molar-refractivity contribution in [2.45, 2.75) is 26.8 Å². The summed E-state index contributed by atoms with van der Waals surface area (Å²) in [5, 5.41) is 3.99. The van der Waals surface area contributed by atoms with Crippen LogP contribution in [-0.4, -0.2) is 46.2 Å². The van der Waals surface area contributed by atoms with E-state index >= 15 is 0 Å². The largest absolute Gasteiger partial charge is 0.355 e. The molecule has 0 spiro atoms. The lowest BCUT2D eigenvalue weighted by atomic mass is 10.0. The fourth-order valence-corrected chi connectivity index (χ4v) is 4.44. The van der Waals surface area contributed by atoms with E-state index in [-0.39, 0.29) is 0 Å². The number of pyridine rings is 1. The Morgan fingerprint density at radius 3 is 2.24 bits per heavy atom. The fraction of sp³-hybridized carbons (Fsp3) is 0.296. The normalized spacial score (nSPS) is 14.9. The summed E-state index contributed by atoms with van der Waals surface area (Å²) in [6.07, 6.45) is 3.05. The van der Waals surface area contributed by atoms with Crippen molar-refractivity contribution >= 4 is 5.82 Å². The number of aryl methyl sites for hydroxylation is 2. The standard InChI is InChI=1S/C27H29N5O/c1-20-5-3-14-28-27(20)32-16-4-15-31(17-18-32)19-22-6-8-23(9-7-22)24-10-12-25(13-11-24)26-29-21(2)33-30-26/h3,5-14H,4,15-19H2,1-2H3. The molecule has 0 bridgehead atoms. The van der Waals surface area contributed by atoms with Gasteiger partial charge in [0, 0.05) is 51.4 Å². The molecule has 0 saturated carbocycles. The van der Waals surface area contributed by atoms with Crippen molar-refractivity contribution in [2.75, 3.05) is 31.1 Å². The molecule has 1 fully saturated rings. The average molecular weight is 440 g/mol. The third-order valence-corrected chi connectivity index (χ3v) is 6.23. The minimum Gasteiger partial charge on any atom is -0.355 e. The van der Waals surface area contributed by atoms with Crippen LogP contribution in [0, 0.1) is 13.8 Å². The van der Waals surface area contributed by atoms with Crippen LogP contribution in [0.3, 0.4) is 0 Å². The molecule has 33 heavy (non-hydrogen) atoms. The van der Waals surface area contributed by atoms with Crippen LogP contribution in [-0.2, 0) is 6.54 Å². The van der Waals surface area contributed by atoms with Gasteiger partial charge in [0.15, 0.2) is 0 Å². The van der Waals surface area contributed by atoms with Crippen LogP contribution in [0.2, 0.25) is 0 Å². The molecule has 2 aromatic carbocycles. The van der Waals surface area contributed by atoms with Gasteiger partial charge in [-0.25, -0.2) is 4.98 Å². The maximum Gasteiger partial charge on any atom is 0.223 e. The van der Waals surface area contributed by atoms with Crippen molar-refractivity contribution in [3.05, 3.63) is 83.9 Å². The fourth-order valence-electron chi connectivity index (χ4n) is 4.44. The predicted molar refractivity (Wildman–Crippen MR) is 131 cm³/mol. The summed E-state index contributed by atoms with van der Waals surface area (Å²) in [6.45, 7) is 9.16. The first-order chi connectivity index (χ1) is 16.2. The minimum absolute atomic E-state index is 0.577. The Hall–Kier alpha value is -3.51. The number of benzene rings is 2. The zero-order valence-electron chi connectivity index (χ0n) is 19.2. The van der Waals surface area contributed by atoms with Crippen molar-refractivity contribution in [1.29, 1.82) is 0 Å². The van der Waals surface area contributed by atoms with E-state index in [4.69, 9.17) is 4.52 Å². The van der Waals surface area contributed by atoms with Crippen LogP contribution in [0.5, 0.6) is 0 Å². The third-order valence-electron chi connectivity index (χ3n) is 6.23. The summed E-state index contributed by atoms with van der Waals surface area (Å²) in [5.74, 6) is 2.33. The summed E-state index contributed by atoms with van der Waals surface area (Å²) in [4.78, 5) is 13.9. The molecule has 168 valence electrons. The molecule has 1 aliphatic rings. The second-order valence-corrected chi connectivity index (χ2v) is 8.67. The molecule has 0 amide bonds. The molecular formula is C27H29N5O. The van der Waals surface area contributed by atoms with E-state index in [0.29, 0.717) is 11.7 Å². The first-order valence-electron chi connectivity index (χ1n) is 11.5. The number of rotatable bonds is 5. The predicted octanol–water partition coefficient (Wildman–Crippen LogP) is 5.13. The lowest BCUT2D eigenvalue weighted by Gasteiger charge is -2.24. The molecule has 1 aliphatic heterocycles. The second kappa shape index (κ2) is 9.55. The highest BCUT2D eigenvalue weighted by Crippen LogP contribution is 2.24. The third kappa shape index (κ3) is 4.96. The highest BCUT2D eigenvalue weighted by atomic mass is 16.5. The summed E-state index contributed by atoms with van der Waals surface area (Å²) in [7, 11) is 0. The summed E-state index contributed by atoms with van der Waals surface area (Å²) >= 11 is 0. The monoisotopic (exact) mass is 439 g/mol. The van der Waals surface area contributed by atoms with Crippen molar-refractivity contribution in [3.8, 4) is 22.5 Å². The average Bonchev–Trinajstić information content (AvgIpc) is 3.15. The van der Waals surface area contributed by atoms with Gasteiger partial charge in [0.1, 0.15) is 5.82 Å². The van der Waals surface area contributed by atoms with E-state index < -0.39 is 0 Å². The smallest absolute Gasteiger partial charge is 0.223 e. The number of anilines is 1. The first kappa shape index (κ1) is 21.3. The number of nitrogens with zero attached hydrogens (tertiary/aromatic N) is 5. The molecule has 6 heteroatoms. The lowest BCUT2D eigenvalue weighted by Crippen LogP contribution is -2.31. The molecule has 0 radical (unpaired) electrons. The number of hydrogen-bond donors (Lipinski definition) is 0. The van der Waals surface area contributed by atoms with E-state index in [2.05, 4.69) is 74.3 Å². The molecule has 3 heterocycles. The summed E-state index contributed by atoms with van der Waals surface area (Å²) in [5.41, 5.74) is 5.95. The van der Waals surface area contributed by atoms with E-state index in [1.807, 2.05) is 24.4 Å². The molecular weight excluding hydrogens is 410 g/mol. The molecule has 5 rings (SSSR count). The second-order valence-electron chi connectivity index (χ2n) is 8.67. The van der Waals surface area contributed by atoms with Gasteiger partial charge in [-0.3, -0.25) is 4.90 Å². The zero-order chi connectivity index (χ0) is 22.6. The van der Waals surface area contributed by atoms with Crippen LogP contribution in [0.4, 0.5) is 5.82 Å². The lowest BCUT2D eigenvalue weighted by molar-refractivity contribution is 0.285. The van der Waals surface area contributed by atoms with Crippen molar-refractivity contribution in [3.63, 3.8) is 0 Å². The molecule has 0 aliphatic carbocycles. The van der Waals surface area contributed by atoms with Crippen LogP contribution in [0.1, 0.15) is 23.4 Å². The Labute approximate surface area is 194 Å². The van der Waals surface area contributed by atoms with Gasteiger partial charge >= 0.3 is 0 Å². The van der Waals surface area contributed by atoms with Gasteiger partial charge in [0.05, 0.1) is 0 Å². The molecule has 4 aromatic rings. The van der Waals surface area contributed by atoms with Gasteiger partial charge in [-0.15, -0.1) is 0 Å². The quantitative estimate of drug-likeness (QED) is 0.430. The highest BCUT2D eigenvalue weighted by molar-refractivity contribution is 5.67. The Morgan fingerprint density at radius 1 is 0.818 bits per heavy atom. The SMILES string of the molecule is Cc1nc(-c2ccc(-c3ccc(CN4CCCN(c5ncccc5C)CC4)cc3)cc2)no1. The Kier molecular flexibility index (Phi) is 6.17. The van der Waals surface area contributed by atoms with E-state index in [1.165, 1.54) is 22.3 Å². The maximum absolute atomic E-state index is 5.08. The Bertz CT molecular complexity index is 1200. The number of aromatic nitrogens is 3. The van der Waals surface area contributed by atoms with E-state index in [1.54, 1.807) is 6.92 Å². The van der Waals surface area contributed by atoms with Crippen LogP contribution < -0.4 is 4.90 Å². The van der Waals surface area contributed by atoms with Crippen LogP contribution in [0.25, 0.3) is 22.5 Å². The Balaban J connectivity index is 1.21. The molecule has 0 N–H and O–H groups in total. The van der Waals surface area contributed by atoms with Gasteiger partial charge in [0.2, 0.25) is 11.7 Å². The Morgan fingerprint density at radius 2 is 1.55 bits per heavy atom. The maximum atomic E-state index is 5.08. The number of hydrogen-bond acceptors (Lipinski definition) is 6. The van der Waals surface area contributed by atoms with Gasteiger partial charge in [-0.2, -0.15) is 4.98 Å². The zero-order valence-corrected chi connectivity index (χ0v) is 19.2. The highest BCUT2D eigenvalue weighted by Gasteiger charge is 2.17. The minimum atomic E-state index is 0.577. The van der Waals surface area contributed by atoms with Gasteiger partial charge in [-0.1, -0.05) is 59.8 Å². The van der Waals surface area contributed by atoms with Crippen LogP contribution in [0.15, 0.2) is 71.4 Å². The molecule has 6 nitrogen and oxygen atoms in total. The van der Waals surface area contributed by atoms with E-state index in [9.17, 15) is 0 Å². The first-order valence-corrected chi connectivity index (χ1v) is 11.5. The molecule has 2 aromatic heterocycles. The molecule has 0 atom stereocenters. The van der Waals surface area contributed by atoms with Crippen molar-refractivity contribution in [1.82, 2.24) is 20.0 Å².